The lowest BCUT2D eigenvalue weighted by Gasteiger charge is -2.15. The molecule has 0 unspecified atom stereocenters. The Bertz CT molecular complexity index is 1000. The number of hydrogen-bond donors (Lipinski definition) is 1. The topological polar surface area (TPSA) is 116 Å². The summed E-state index contributed by atoms with van der Waals surface area (Å²) in [5, 5.41) is 10.4. The summed E-state index contributed by atoms with van der Waals surface area (Å²) < 4.78 is 65.2. The van der Waals surface area contributed by atoms with Crippen LogP contribution in [0.3, 0.4) is 0 Å². The third-order valence-corrected chi connectivity index (χ3v) is 7.84. The van der Waals surface area contributed by atoms with Gasteiger partial charge in [0, 0.05) is 5.92 Å². The van der Waals surface area contributed by atoms with Crippen LogP contribution in [-0.4, -0.2) is 53.5 Å². The molecule has 1 aliphatic rings. The van der Waals surface area contributed by atoms with E-state index in [4.69, 9.17) is 13.1 Å². The van der Waals surface area contributed by atoms with E-state index in [9.17, 15) is 21.9 Å². The van der Waals surface area contributed by atoms with Crippen molar-refractivity contribution in [1.29, 1.82) is 0 Å². The summed E-state index contributed by atoms with van der Waals surface area (Å²) >= 11 is 0. The minimum Gasteiger partial charge on any atom is -0.390 e. The van der Waals surface area contributed by atoms with Gasteiger partial charge in [0.25, 0.3) is 20.2 Å². The second-order valence-corrected chi connectivity index (χ2v) is 10.9. The van der Waals surface area contributed by atoms with E-state index in [2.05, 4.69) is 0 Å². The predicted molar refractivity (Wildman–Crippen MR) is 112 cm³/mol. The molecule has 2 aromatic carbocycles. The molecule has 31 heavy (non-hydrogen) atoms. The smallest absolute Gasteiger partial charge is 0.297 e. The van der Waals surface area contributed by atoms with Crippen LogP contribution in [0.2, 0.25) is 0 Å². The highest BCUT2D eigenvalue weighted by atomic mass is 32.2. The molecule has 0 aliphatic carbocycles. The largest absolute Gasteiger partial charge is 0.390 e. The third-order valence-electron chi connectivity index (χ3n) is 5.25. The van der Waals surface area contributed by atoms with Crippen LogP contribution in [0.15, 0.2) is 58.3 Å². The molecule has 1 saturated heterocycles. The second kappa shape index (κ2) is 9.35. The maximum absolute atomic E-state index is 12.4. The van der Waals surface area contributed by atoms with E-state index in [0.29, 0.717) is 0 Å². The highest BCUT2D eigenvalue weighted by molar-refractivity contribution is 7.87. The van der Waals surface area contributed by atoms with E-state index in [-0.39, 0.29) is 16.4 Å². The summed E-state index contributed by atoms with van der Waals surface area (Å²) in [5.41, 5.74) is 1.82. The Morgan fingerprint density at radius 3 is 1.58 bits per heavy atom. The first-order valence-corrected chi connectivity index (χ1v) is 12.6. The average molecular weight is 471 g/mol. The number of aryl methyl sites for hydroxylation is 2. The van der Waals surface area contributed by atoms with E-state index < -0.39 is 51.1 Å². The summed E-state index contributed by atoms with van der Waals surface area (Å²) in [7, 11) is -8.00. The van der Waals surface area contributed by atoms with Crippen molar-refractivity contribution in [3.63, 3.8) is 0 Å². The van der Waals surface area contributed by atoms with E-state index in [1.54, 1.807) is 31.2 Å². The standard InChI is InChI=1S/C21H26O8S2/c1-14-4-8-17(9-5-14)30(23,24)27-12-19-16(3)21(22)20(29-19)13-28-31(25,26)18-10-6-15(2)7-11-18/h4-11,16,19-22H,12-13H2,1-3H3/t16-,19+,20+,21+/m1/s1. The Kier molecular flexibility index (Phi) is 7.19. The monoisotopic (exact) mass is 470 g/mol. The molecule has 1 heterocycles. The van der Waals surface area contributed by atoms with Crippen molar-refractivity contribution in [3.8, 4) is 0 Å². The Morgan fingerprint density at radius 2 is 1.16 bits per heavy atom. The first-order chi connectivity index (χ1) is 14.5. The van der Waals surface area contributed by atoms with Crippen LogP contribution in [0.25, 0.3) is 0 Å². The van der Waals surface area contributed by atoms with Crippen LogP contribution >= 0.6 is 0 Å². The lowest BCUT2D eigenvalue weighted by Crippen LogP contribution is -2.30. The Balaban J connectivity index is 1.59. The van der Waals surface area contributed by atoms with Gasteiger partial charge in [-0.3, -0.25) is 8.37 Å². The summed E-state index contributed by atoms with van der Waals surface area (Å²) in [4.78, 5) is 0.0242. The number of hydrogen-bond acceptors (Lipinski definition) is 8. The van der Waals surface area contributed by atoms with Gasteiger partial charge in [-0.2, -0.15) is 16.8 Å². The van der Waals surface area contributed by atoms with E-state index in [0.717, 1.165) is 11.1 Å². The molecule has 1 aliphatic heterocycles. The van der Waals surface area contributed by atoms with Gasteiger partial charge in [0.15, 0.2) is 0 Å². The molecule has 0 spiro atoms. The van der Waals surface area contributed by atoms with Crippen molar-refractivity contribution in [2.45, 2.75) is 48.9 Å². The van der Waals surface area contributed by atoms with Gasteiger partial charge in [0.05, 0.1) is 35.2 Å². The normalized spacial score (nSPS) is 24.4. The molecule has 8 nitrogen and oxygen atoms in total. The molecule has 4 atom stereocenters. The van der Waals surface area contributed by atoms with Gasteiger partial charge in [-0.25, -0.2) is 0 Å². The molecular weight excluding hydrogens is 444 g/mol. The number of aliphatic hydroxyl groups excluding tert-OH is 1. The van der Waals surface area contributed by atoms with Crippen LogP contribution < -0.4 is 0 Å². The summed E-state index contributed by atoms with van der Waals surface area (Å²) in [6, 6.07) is 12.4. The zero-order valence-corrected chi connectivity index (χ0v) is 19.1. The van der Waals surface area contributed by atoms with Gasteiger partial charge in [-0.15, -0.1) is 0 Å². The van der Waals surface area contributed by atoms with Crippen molar-refractivity contribution in [2.75, 3.05) is 13.2 Å². The quantitative estimate of drug-likeness (QED) is 0.584. The fraction of sp³-hybridized carbons (Fsp3) is 0.429. The van der Waals surface area contributed by atoms with Crippen LogP contribution in [0.4, 0.5) is 0 Å². The lowest BCUT2D eigenvalue weighted by molar-refractivity contribution is -0.0261. The molecule has 1 fully saturated rings. The van der Waals surface area contributed by atoms with Gasteiger partial charge in [-0.05, 0) is 38.1 Å². The van der Waals surface area contributed by atoms with E-state index in [1.165, 1.54) is 24.3 Å². The average Bonchev–Trinajstić information content (AvgIpc) is 2.99. The molecule has 0 bridgehead atoms. The van der Waals surface area contributed by atoms with Crippen LogP contribution in [0.1, 0.15) is 18.1 Å². The molecule has 3 rings (SSSR count). The van der Waals surface area contributed by atoms with Gasteiger partial charge in [-0.1, -0.05) is 42.3 Å². The van der Waals surface area contributed by atoms with E-state index >= 15 is 0 Å². The molecule has 0 aromatic heterocycles. The molecule has 0 saturated carbocycles. The fourth-order valence-electron chi connectivity index (χ4n) is 3.18. The molecular formula is C21H26O8S2. The van der Waals surface area contributed by atoms with Crippen LogP contribution in [0, 0.1) is 19.8 Å². The lowest BCUT2D eigenvalue weighted by atomic mass is 9.99. The zero-order valence-electron chi connectivity index (χ0n) is 17.5. The SMILES string of the molecule is Cc1ccc(S(=O)(=O)OC[C@@H]2O[C@@H](COS(=O)(=O)c3ccc(C)cc3)[C@@H](O)[C@@H]2C)cc1. The molecule has 0 radical (unpaired) electrons. The predicted octanol–water partition coefficient (Wildman–Crippen LogP) is 2.18. The third kappa shape index (κ3) is 5.71. The first-order valence-electron chi connectivity index (χ1n) is 9.75. The van der Waals surface area contributed by atoms with Gasteiger partial charge in [0.2, 0.25) is 0 Å². The maximum atomic E-state index is 12.4. The first kappa shape index (κ1) is 23.8. The van der Waals surface area contributed by atoms with Crippen molar-refractivity contribution in [1.82, 2.24) is 0 Å². The second-order valence-electron chi connectivity index (χ2n) is 7.67. The minimum absolute atomic E-state index is 0.00251. The summed E-state index contributed by atoms with van der Waals surface area (Å²) in [5.74, 6) is -0.483. The highest BCUT2D eigenvalue weighted by Crippen LogP contribution is 2.29. The highest BCUT2D eigenvalue weighted by Gasteiger charge is 2.42. The Hall–Kier alpha value is -1.82. The van der Waals surface area contributed by atoms with Crippen molar-refractivity contribution < 1.29 is 35.0 Å². The fourth-order valence-corrected chi connectivity index (χ4v) is 5.01. The Labute approximate surface area is 183 Å². The summed E-state index contributed by atoms with van der Waals surface area (Å²) in [6.45, 7) is 4.64. The maximum Gasteiger partial charge on any atom is 0.297 e. The number of benzene rings is 2. The van der Waals surface area contributed by atoms with E-state index in [1.807, 2.05) is 13.8 Å². The van der Waals surface area contributed by atoms with Gasteiger partial charge in [0.1, 0.15) is 6.10 Å². The zero-order chi connectivity index (χ0) is 22.8. The molecule has 2 aromatic rings. The molecule has 10 heteroatoms. The number of rotatable bonds is 8. The van der Waals surface area contributed by atoms with Crippen molar-refractivity contribution in [2.24, 2.45) is 5.92 Å². The molecule has 0 amide bonds. The number of ether oxygens (including phenoxy) is 1. The number of aliphatic hydroxyl groups is 1. The molecule has 170 valence electrons. The Morgan fingerprint density at radius 1 is 0.774 bits per heavy atom. The van der Waals surface area contributed by atoms with Gasteiger partial charge < -0.3 is 9.84 Å². The minimum atomic E-state index is -4.02. The van der Waals surface area contributed by atoms with Crippen molar-refractivity contribution >= 4 is 20.2 Å². The molecule has 1 N–H and O–H groups in total. The van der Waals surface area contributed by atoms with Crippen LogP contribution in [-0.2, 0) is 33.3 Å². The van der Waals surface area contributed by atoms with Crippen LogP contribution in [0.5, 0.6) is 0 Å². The van der Waals surface area contributed by atoms with Crippen molar-refractivity contribution in [3.05, 3.63) is 59.7 Å². The summed E-state index contributed by atoms with van der Waals surface area (Å²) in [6.07, 6.45) is -2.72. The van der Waals surface area contributed by atoms with Gasteiger partial charge >= 0.3 is 0 Å².